The van der Waals surface area contributed by atoms with Crippen molar-refractivity contribution in [2.75, 3.05) is 20.8 Å². The third-order valence-corrected chi connectivity index (χ3v) is 4.29. The molecule has 0 saturated heterocycles. The van der Waals surface area contributed by atoms with Gasteiger partial charge in [0.15, 0.2) is 11.5 Å². The lowest BCUT2D eigenvalue weighted by molar-refractivity contribution is -0.147. The average Bonchev–Trinajstić information content (AvgIpc) is 2.53. The van der Waals surface area contributed by atoms with Crippen molar-refractivity contribution in [1.29, 1.82) is 0 Å². The molecule has 0 unspecified atom stereocenters. The summed E-state index contributed by atoms with van der Waals surface area (Å²) in [7, 11) is 3.10. The van der Waals surface area contributed by atoms with Crippen LogP contribution in [0.4, 0.5) is 0 Å². The maximum atomic E-state index is 12.5. The highest BCUT2D eigenvalue weighted by Crippen LogP contribution is 2.33. The van der Waals surface area contributed by atoms with Crippen molar-refractivity contribution in [2.45, 2.75) is 39.5 Å². The molecular formula is C18H27NO5. The van der Waals surface area contributed by atoms with Crippen LogP contribution in [0.1, 0.15) is 39.7 Å². The minimum Gasteiger partial charge on any atom is -0.493 e. The van der Waals surface area contributed by atoms with Gasteiger partial charge in [-0.2, -0.15) is 0 Å². The van der Waals surface area contributed by atoms with E-state index in [1.165, 1.54) is 0 Å². The fraction of sp³-hybridized carbons (Fsp3) is 0.556. The quantitative estimate of drug-likeness (QED) is 0.761. The van der Waals surface area contributed by atoms with Crippen molar-refractivity contribution in [2.24, 2.45) is 5.41 Å². The topological polar surface area (TPSA) is 84.9 Å². The number of carboxylic acid groups (broad SMARTS) is 1. The number of nitrogens with one attached hydrogen (secondary N) is 1. The molecule has 0 bridgehead atoms. The number of carboxylic acids is 1. The first-order valence-electron chi connectivity index (χ1n) is 7.80. The minimum absolute atomic E-state index is 0.170. The highest BCUT2D eigenvalue weighted by atomic mass is 16.5. The van der Waals surface area contributed by atoms with Crippen molar-refractivity contribution < 1.29 is 24.2 Å². The summed E-state index contributed by atoms with van der Waals surface area (Å²) in [6.45, 7) is 7.20. The van der Waals surface area contributed by atoms with Crippen LogP contribution in [-0.2, 0) is 15.0 Å². The Hall–Kier alpha value is -2.24. The molecule has 0 aliphatic carbocycles. The fourth-order valence-corrected chi connectivity index (χ4v) is 2.17. The van der Waals surface area contributed by atoms with Gasteiger partial charge >= 0.3 is 5.97 Å². The van der Waals surface area contributed by atoms with Gasteiger partial charge in [0.1, 0.15) is 0 Å². The van der Waals surface area contributed by atoms with Gasteiger partial charge in [0, 0.05) is 6.54 Å². The number of rotatable bonds is 8. The summed E-state index contributed by atoms with van der Waals surface area (Å²) in [5.41, 5.74) is -0.872. The molecule has 0 atom stereocenters. The zero-order valence-electron chi connectivity index (χ0n) is 15.2. The summed E-state index contributed by atoms with van der Waals surface area (Å²) >= 11 is 0. The molecular weight excluding hydrogens is 310 g/mol. The van der Waals surface area contributed by atoms with Crippen LogP contribution in [0.2, 0.25) is 0 Å². The molecule has 1 rings (SSSR count). The van der Waals surface area contributed by atoms with E-state index in [-0.39, 0.29) is 5.91 Å². The molecule has 1 aromatic carbocycles. The second-order valence-electron chi connectivity index (χ2n) is 6.89. The van der Waals surface area contributed by atoms with E-state index in [0.717, 1.165) is 5.56 Å². The Morgan fingerprint density at radius 2 is 1.67 bits per heavy atom. The van der Waals surface area contributed by atoms with Crippen LogP contribution in [0.3, 0.4) is 0 Å². The number of amides is 1. The van der Waals surface area contributed by atoms with E-state index in [0.29, 0.717) is 24.5 Å². The van der Waals surface area contributed by atoms with E-state index in [4.69, 9.17) is 14.6 Å². The first-order valence-corrected chi connectivity index (χ1v) is 7.80. The van der Waals surface area contributed by atoms with Crippen molar-refractivity contribution >= 4 is 11.9 Å². The summed E-state index contributed by atoms with van der Waals surface area (Å²) in [6.07, 6.45) is 0.357. The van der Waals surface area contributed by atoms with E-state index >= 15 is 0 Å². The van der Waals surface area contributed by atoms with Crippen LogP contribution in [-0.4, -0.2) is 37.7 Å². The molecule has 24 heavy (non-hydrogen) atoms. The Labute approximate surface area is 143 Å². The standard InChI is InChI=1S/C18H27NO5/c1-17(2,16(21)22)9-10-19-15(20)18(3,4)12-7-8-13(23-5)14(11-12)24-6/h7-8,11H,9-10H2,1-6H3,(H,19,20)(H,21,22). The summed E-state index contributed by atoms with van der Waals surface area (Å²) < 4.78 is 10.5. The number of hydrogen-bond acceptors (Lipinski definition) is 4. The van der Waals surface area contributed by atoms with Gasteiger partial charge in [0.05, 0.1) is 25.0 Å². The number of ether oxygens (including phenoxy) is 2. The molecule has 6 nitrogen and oxygen atoms in total. The highest BCUT2D eigenvalue weighted by Gasteiger charge is 2.32. The van der Waals surface area contributed by atoms with E-state index in [2.05, 4.69) is 5.32 Å². The summed E-state index contributed by atoms with van der Waals surface area (Å²) in [5, 5.41) is 11.9. The predicted octanol–water partition coefficient (Wildman–Crippen LogP) is 2.60. The number of aliphatic carboxylic acids is 1. The van der Waals surface area contributed by atoms with Crippen molar-refractivity contribution in [3.8, 4) is 11.5 Å². The lowest BCUT2D eigenvalue weighted by atomic mass is 9.83. The van der Waals surface area contributed by atoms with Crippen LogP contribution >= 0.6 is 0 Å². The van der Waals surface area contributed by atoms with E-state index in [9.17, 15) is 9.59 Å². The number of methoxy groups -OCH3 is 2. The minimum atomic E-state index is -0.879. The molecule has 0 aliphatic rings. The van der Waals surface area contributed by atoms with Crippen molar-refractivity contribution in [3.63, 3.8) is 0 Å². The third kappa shape index (κ3) is 4.40. The maximum absolute atomic E-state index is 12.5. The third-order valence-electron chi connectivity index (χ3n) is 4.29. The van der Waals surface area contributed by atoms with Crippen LogP contribution in [0.15, 0.2) is 18.2 Å². The van der Waals surface area contributed by atoms with Gasteiger partial charge in [-0.05, 0) is 51.8 Å². The van der Waals surface area contributed by atoms with Gasteiger partial charge < -0.3 is 19.9 Å². The number of carbonyl (C=O) groups excluding carboxylic acids is 1. The molecule has 0 aliphatic heterocycles. The molecule has 0 saturated carbocycles. The second-order valence-corrected chi connectivity index (χ2v) is 6.89. The normalized spacial score (nSPS) is 11.8. The van der Waals surface area contributed by atoms with E-state index < -0.39 is 16.8 Å². The van der Waals surface area contributed by atoms with Gasteiger partial charge in [-0.3, -0.25) is 9.59 Å². The Kier molecular flexibility index (Phi) is 6.23. The van der Waals surface area contributed by atoms with Crippen LogP contribution in [0.25, 0.3) is 0 Å². The Morgan fingerprint density at radius 1 is 1.08 bits per heavy atom. The molecule has 134 valence electrons. The largest absolute Gasteiger partial charge is 0.493 e. The molecule has 1 amide bonds. The molecule has 0 radical (unpaired) electrons. The molecule has 0 fully saturated rings. The first kappa shape index (κ1) is 19.8. The summed E-state index contributed by atoms with van der Waals surface area (Å²) in [6, 6.07) is 5.36. The number of carbonyl (C=O) groups is 2. The second kappa shape index (κ2) is 7.55. The van der Waals surface area contributed by atoms with Gasteiger partial charge in [0.2, 0.25) is 5.91 Å². The number of hydrogen-bond donors (Lipinski definition) is 2. The van der Waals surface area contributed by atoms with Crippen LogP contribution in [0.5, 0.6) is 11.5 Å². The van der Waals surface area contributed by atoms with Gasteiger partial charge in [-0.1, -0.05) is 6.07 Å². The lowest BCUT2D eigenvalue weighted by Gasteiger charge is -2.26. The molecule has 2 N–H and O–H groups in total. The highest BCUT2D eigenvalue weighted by molar-refractivity contribution is 5.87. The van der Waals surface area contributed by atoms with Gasteiger partial charge in [-0.15, -0.1) is 0 Å². The smallest absolute Gasteiger partial charge is 0.309 e. The predicted molar refractivity (Wildman–Crippen MR) is 91.6 cm³/mol. The average molecular weight is 337 g/mol. The molecule has 0 heterocycles. The van der Waals surface area contributed by atoms with Crippen molar-refractivity contribution in [3.05, 3.63) is 23.8 Å². The van der Waals surface area contributed by atoms with E-state index in [1.807, 2.05) is 19.9 Å². The zero-order valence-corrected chi connectivity index (χ0v) is 15.2. The Balaban J connectivity index is 2.84. The van der Waals surface area contributed by atoms with Gasteiger partial charge in [0.25, 0.3) is 0 Å². The van der Waals surface area contributed by atoms with Crippen LogP contribution in [0, 0.1) is 5.41 Å². The molecule has 1 aromatic rings. The Morgan fingerprint density at radius 3 is 2.17 bits per heavy atom. The molecule has 0 aromatic heterocycles. The summed E-state index contributed by atoms with van der Waals surface area (Å²) in [4.78, 5) is 23.7. The fourth-order valence-electron chi connectivity index (χ4n) is 2.17. The van der Waals surface area contributed by atoms with Gasteiger partial charge in [-0.25, -0.2) is 0 Å². The zero-order chi connectivity index (χ0) is 18.5. The Bertz CT molecular complexity index is 607. The van der Waals surface area contributed by atoms with E-state index in [1.54, 1.807) is 40.2 Å². The monoisotopic (exact) mass is 337 g/mol. The SMILES string of the molecule is COc1ccc(C(C)(C)C(=O)NCCC(C)(C)C(=O)O)cc1OC. The van der Waals surface area contributed by atoms with Crippen LogP contribution < -0.4 is 14.8 Å². The maximum Gasteiger partial charge on any atom is 0.309 e. The summed E-state index contributed by atoms with van der Waals surface area (Å²) in [5.74, 6) is 0.107. The number of benzene rings is 1. The lowest BCUT2D eigenvalue weighted by Crippen LogP contribution is -2.42. The molecule has 6 heteroatoms. The first-order chi connectivity index (χ1) is 11.1. The van der Waals surface area contributed by atoms with Crippen molar-refractivity contribution in [1.82, 2.24) is 5.32 Å². The molecule has 0 spiro atoms.